The molecular formula is C23H33N5O2. The number of hydrogen-bond donors (Lipinski definition) is 2. The molecule has 0 spiro atoms. The number of aliphatic imine (C=N–C) groups is 1. The van der Waals surface area contributed by atoms with Crippen LogP contribution in [0.25, 0.3) is 0 Å². The summed E-state index contributed by atoms with van der Waals surface area (Å²) in [6.45, 7) is 4.42. The highest BCUT2D eigenvalue weighted by atomic mass is 16.5. The van der Waals surface area contributed by atoms with Gasteiger partial charge in [0.2, 0.25) is 5.88 Å². The molecule has 1 aliphatic heterocycles. The average molecular weight is 412 g/mol. The zero-order chi connectivity index (χ0) is 20.6. The Balaban J connectivity index is 1.27. The molecule has 1 aliphatic carbocycles. The topological polar surface area (TPSA) is 74.9 Å². The molecule has 1 saturated heterocycles. The average Bonchev–Trinajstić information content (AvgIpc) is 3.48. The van der Waals surface area contributed by atoms with Crippen molar-refractivity contribution in [3.05, 3.63) is 48.0 Å². The highest BCUT2D eigenvalue weighted by molar-refractivity contribution is 5.79. The van der Waals surface area contributed by atoms with E-state index in [0.29, 0.717) is 12.4 Å². The summed E-state index contributed by atoms with van der Waals surface area (Å²) in [5.74, 6) is 3.22. The molecule has 7 nitrogen and oxygen atoms in total. The smallest absolute Gasteiger partial charge is 0.213 e. The van der Waals surface area contributed by atoms with Crippen LogP contribution in [0.1, 0.15) is 49.5 Å². The molecular weight excluding hydrogens is 378 g/mol. The molecule has 1 atom stereocenters. The number of nitrogens with one attached hydrogen (secondary N) is 2. The second kappa shape index (κ2) is 10.5. The van der Waals surface area contributed by atoms with E-state index in [1.807, 2.05) is 18.3 Å². The molecule has 7 heteroatoms. The van der Waals surface area contributed by atoms with Crippen LogP contribution in [0.3, 0.4) is 0 Å². The van der Waals surface area contributed by atoms with Gasteiger partial charge < -0.3 is 19.8 Å². The van der Waals surface area contributed by atoms with E-state index >= 15 is 0 Å². The van der Waals surface area contributed by atoms with Gasteiger partial charge in [0.25, 0.3) is 0 Å². The van der Waals surface area contributed by atoms with Gasteiger partial charge in [-0.3, -0.25) is 9.89 Å². The Morgan fingerprint density at radius 3 is 2.77 bits per heavy atom. The first-order valence-corrected chi connectivity index (χ1v) is 11.1. The minimum atomic E-state index is 0.211. The number of furan rings is 1. The zero-order valence-corrected chi connectivity index (χ0v) is 17.8. The van der Waals surface area contributed by atoms with Crippen LogP contribution in [0.5, 0.6) is 5.88 Å². The molecule has 2 aromatic rings. The van der Waals surface area contributed by atoms with Crippen LogP contribution in [-0.2, 0) is 6.54 Å². The van der Waals surface area contributed by atoms with Gasteiger partial charge in [0.1, 0.15) is 5.76 Å². The number of nitrogens with zero attached hydrogens (tertiary/aromatic N) is 3. The Hall–Kier alpha value is -2.54. The number of hydrogen-bond acceptors (Lipinski definition) is 5. The normalized spacial score (nSPS) is 18.8. The van der Waals surface area contributed by atoms with Crippen LogP contribution in [0.15, 0.2) is 46.1 Å². The third kappa shape index (κ3) is 5.98. The number of piperidine rings is 1. The Morgan fingerprint density at radius 1 is 1.23 bits per heavy atom. The maximum absolute atomic E-state index is 5.73. The standard InChI is InChI=1S/C23H33N5O2/c1-24-23(26-15-19-9-10-22(25-14-19)30-17-18-7-8-18)27-16-20(21-6-5-13-29-21)28-11-3-2-4-12-28/h5-6,9-10,13-14,18,20H,2-4,7-8,11-12,15-17H2,1H3,(H2,24,26,27). The molecule has 2 aliphatic rings. The molecule has 0 radical (unpaired) electrons. The van der Waals surface area contributed by atoms with Crippen LogP contribution < -0.4 is 15.4 Å². The fourth-order valence-corrected chi connectivity index (χ4v) is 3.81. The number of ether oxygens (including phenoxy) is 1. The summed E-state index contributed by atoms with van der Waals surface area (Å²) in [6.07, 6.45) is 10.00. The molecule has 0 amide bonds. The fraction of sp³-hybridized carbons (Fsp3) is 0.565. The van der Waals surface area contributed by atoms with Gasteiger partial charge in [0.15, 0.2) is 5.96 Å². The highest BCUT2D eigenvalue weighted by Gasteiger charge is 2.24. The monoisotopic (exact) mass is 411 g/mol. The Bertz CT molecular complexity index is 780. The maximum atomic E-state index is 5.73. The van der Waals surface area contributed by atoms with Gasteiger partial charge in [0.05, 0.1) is 18.9 Å². The molecule has 2 fully saturated rings. The Morgan fingerprint density at radius 2 is 2.10 bits per heavy atom. The second-order valence-electron chi connectivity index (χ2n) is 8.19. The molecule has 162 valence electrons. The number of likely N-dealkylation sites (tertiary alicyclic amines) is 1. The lowest BCUT2D eigenvalue weighted by atomic mass is 10.1. The molecule has 1 saturated carbocycles. The van der Waals surface area contributed by atoms with Gasteiger partial charge in [-0.2, -0.15) is 0 Å². The first-order chi connectivity index (χ1) is 14.8. The van der Waals surface area contributed by atoms with Crippen LogP contribution in [-0.4, -0.2) is 49.1 Å². The zero-order valence-electron chi connectivity index (χ0n) is 17.8. The van der Waals surface area contributed by atoms with Gasteiger partial charge in [-0.25, -0.2) is 4.98 Å². The van der Waals surface area contributed by atoms with Gasteiger partial charge in [-0.1, -0.05) is 12.5 Å². The van der Waals surface area contributed by atoms with Gasteiger partial charge in [-0.15, -0.1) is 0 Å². The van der Waals surface area contributed by atoms with Gasteiger partial charge >= 0.3 is 0 Å². The molecule has 2 N–H and O–H groups in total. The lowest BCUT2D eigenvalue weighted by molar-refractivity contribution is 0.146. The SMILES string of the molecule is CN=C(NCc1ccc(OCC2CC2)nc1)NCC(c1ccco1)N1CCCCC1. The van der Waals surface area contributed by atoms with Crippen molar-refractivity contribution in [2.75, 3.05) is 33.3 Å². The van der Waals surface area contributed by atoms with Gasteiger partial charge in [0, 0.05) is 32.4 Å². The van der Waals surface area contributed by atoms with Crippen molar-refractivity contribution in [3.8, 4) is 5.88 Å². The van der Waals surface area contributed by atoms with Crippen molar-refractivity contribution >= 4 is 5.96 Å². The molecule has 30 heavy (non-hydrogen) atoms. The van der Waals surface area contributed by atoms with Crippen molar-refractivity contribution in [1.82, 2.24) is 20.5 Å². The van der Waals surface area contributed by atoms with Crippen molar-refractivity contribution in [2.45, 2.75) is 44.7 Å². The minimum absolute atomic E-state index is 0.211. The number of rotatable bonds is 9. The number of pyridine rings is 1. The predicted octanol–water partition coefficient (Wildman–Crippen LogP) is 3.36. The van der Waals surface area contributed by atoms with E-state index in [0.717, 1.165) is 49.4 Å². The molecule has 0 bridgehead atoms. The van der Waals surface area contributed by atoms with E-state index < -0.39 is 0 Å². The van der Waals surface area contributed by atoms with E-state index in [2.05, 4.69) is 37.6 Å². The lowest BCUT2D eigenvalue weighted by Gasteiger charge is -2.33. The Kier molecular flexibility index (Phi) is 7.24. The van der Waals surface area contributed by atoms with E-state index in [9.17, 15) is 0 Å². The van der Waals surface area contributed by atoms with E-state index in [1.54, 1.807) is 13.3 Å². The summed E-state index contributed by atoms with van der Waals surface area (Å²) >= 11 is 0. The third-order valence-corrected chi connectivity index (χ3v) is 5.81. The summed E-state index contributed by atoms with van der Waals surface area (Å²) < 4.78 is 11.4. The lowest BCUT2D eigenvalue weighted by Crippen LogP contribution is -2.44. The second-order valence-corrected chi connectivity index (χ2v) is 8.19. The van der Waals surface area contributed by atoms with Crippen molar-refractivity contribution in [3.63, 3.8) is 0 Å². The maximum Gasteiger partial charge on any atom is 0.213 e. The van der Waals surface area contributed by atoms with Crippen LogP contribution >= 0.6 is 0 Å². The van der Waals surface area contributed by atoms with E-state index in [-0.39, 0.29) is 6.04 Å². The largest absolute Gasteiger partial charge is 0.477 e. The molecule has 1 unspecified atom stereocenters. The summed E-state index contributed by atoms with van der Waals surface area (Å²) in [7, 11) is 1.80. The van der Waals surface area contributed by atoms with Crippen molar-refractivity contribution < 1.29 is 9.15 Å². The summed E-state index contributed by atoms with van der Waals surface area (Å²) in [6, 6.07) is 8.23. The minimum Gasteiger partial charge on any atom is -0.477 e. The Labute approximate surface area is 178 Å². The van der Waals surface area contributed by atoms with Gasteiger partial charge in [-0.05, 0) is 62.4 Å². The number of aromatic nitrogens is 1. The predicted molar refractivity (Wildman–Crippen MR) is 118 cm³/mol. The summed E-state index contributed by atoms with van der Waals surface area (Å²) in [5.41, 5.74) is 1.09. The van der Waals surface area contributed by atoms with Crippen LogP contribution in [0.4, 0.5) is 0 Å². The molecule has 0 aromatic carbocycles. The fourth-order valence-electron chi connectivity index (χ4n) is 3.81. The quantitative estimate of drug-likeness (QED) is 0.487. The molecule has 4 rings (SSSR count). The van der Waals surface area contributed by atoms with Crippen LogP contribution in [0, 0.1) is 5.92 Å². The van der Waals surface area contributed by atoms with Crippen LogP contribution in [0.2, 0.25) is 0 Å². The van der Waals surface area contributed by atoms with Crippen molar-refractivity contribution in [1.29, 1.82) is 0 Å². The summed E-state index contributed by atoms with van der Waals surface area (Å²) in [4.78, 5) is 11.3. The van der Waals surface area contributed by atoms with E-state index in [1.165, 1.54) is 32.1 Å². The number of guanidine groups is 1. The first-order valence-electron chi connectivity index (χ1n) is 11.1. The first kappa shape index (κ1) is 20.7. The third-order valence-electron chi connectivity index (χ3n) is 5.81. The molecule has 3 heterocycles. The summed E-state index contributed by atoms with van der Waals surface area (Å²) in [5, 5.41) is 6.85. The highest BCUT2D eigenvalue weighted by Crippen LogP contribution is 2.29. The molecule has 2 aromatic heterocycles. The van der Waals surface area contributed by atoms with Crippen molar-refractivity contribution in [2.24, 2.45) is 10.9 Å². The van der Waals surface area contributed by atoms with E-state index in [4.69, 9.17) is 9.15 Å².